The molecule has 0 radical (unpaired) electrons. The Balaban J connectivity index is 2.35. The largest absolute Gasteiger partial charge is 0.395 e. The number of pyridine rings is 1. The van der Waals surface area contributed by atoms with Crippen LogP contribution >= 0.6 is 11.6 Å². The summed E-state index contributed by atoms with van der Waals surface area (Å²) in [5.74, 6) is 0.261. The van der Waals surface area contributed by atoms with Crippen molar-refractivity contribution in [3.8, 4) is 0 Å². The van der Waals surface area contributed by atoms with E-state index in [1.165, 1.54) is 7.05 Å². The summed E-state index contributed by atoms with van der Waals surface area (Å²) in [6.45, 7) is -0.361. The van der Waals surface area contributed by atoms with Gasteiger partial charge in [-0.3, -0.25) is 4.31 Å². The van der Waals surface area contributed by atoms with Gasteiger partial charge in [0.15, 0.2) is 0 Å². The van der Waals surface area contributed by atoms with Crippen molar-refractivity contribution in [2.45, 2.75) is 17.6 Å². The smallest absolute Gasteiger partial charge is 0.244 e. The Labute approximate surface area is 105 Å². The van der Waals surface area contributed by atoms with E-state index in [4.69, 9.17) is 11.6 Å². The Morgan fingerprint density at radius 1 is 1.53 bits per heavy atom. The molecule has 0 bridgehead atoms. The third-order valence-corrected chi connectivity index (χ3v) is 5.78. The van der Waals surface area contributed by atoms with Crippen LogP contribution in [0, 0.1) is 0 Å². The summed E-state index contributed by atoms with van der Waals surface area (Å²) in [5.41, 5.74) is 0. The van der Waals surface area contributed by atoms with E-state index in [9.17, 15) is 13.5 Å². The predicted octanol–water partition coefficient (Wildman–Crippen LogP) is 1.03. The lowest BCUT2D eigenvalue weighted by Gasteiger charge is -2.23. The highest BCUT2D eigenvalue weighted by molar-refractivity contribution is 7.94. The lowest BCUT2D eigenvalue weighted by Crippen LogP contribution is -2.40. The van der Waals surface area contributed by atoms with Crippen LogP contribution in [0.25, 0.3) is 0 Å². The topological polar surface area (TPSA) is 70.5 Å². The summed E-state index contributed by atoms with van der Waals surface area (Å²) in [4.78, 5) is 3.95. The molecule has 0 spiro atoms. The molecule has 94 valence electrons. The molecule has 1 aliphatic rings. The minimum Gasteiger partial charge on any atom is -0.395 e. The van der Waals surface area contributed by atoms with Crippen LogP contribution in [0.3, 0.4) is 0 Å². The summed E-state index contributed by atoms with van der Waals surface area (Å²) in [5, 5.41) is 9.42. The van der Waals surface area contributed by atoms with Crippen molar-refractivity contribution in [3.63, 3.8) is 0 Å². The first-order chi connectivity index (χ1) is 7.93. The van der Waals surface area contributed by atoms with Gasteiger partial charge in [-0.15, -0.1) is 0 Å². The zero-order valence-corrected chi connectivity index (χ0v) is 10.9. The highest BCUT2D eigenvalue weighted by Gasteiger charge is 2.56. The zero-order valence-electron chi connectivity index (χ0n) is 9.30. The van der Waals surface area contributed by atoms with E-state index in [0.29, 0.717) is 12.8 Å². The van der Waals surface area contributed by atoms with Crippen LogP contribution in [0.4, 0.5) is 5.82 Å². The summed E-state index contributed by atoms with van der Waals surface area (Å²) < 4.78 is 24.5. The number of aliphatic hydroxyl groups is 1. The fourth-order valence-electron chi connectivity index (χ4n) is 1.62. The van der Waals surface area contributed by atoms with Gasteiger partial charge in [-0.1, -0.05) is 17.7 Å². The third kappa shape index (κ3) is 2.00. The SMILES string of the molecule is CN(c1cccc(Cl)n1)S(=O)(=O)C1(CO)CC1. The molecule has 2 rings (SSSR count). The standard InChI is InChI=1S/C10H13ClN2O3S/c1-13(9-4-2-3-8(11)12-9)17(15,16)10(7-14)5-6-10/h2-4,14H,5-7H2,1H3. The molecule has 1 N–H and O–H groups in total. The summed E-state index contributed by atoms with van der Waals surface area (Å²) in [6, 6.07) is 4.77. The lowest BCUT2D eigenvalue weighted by atomic mass is 10.5. The van der Waals surface area contributed by atoms with Crippen LogP contribution in [0.5, 0.6) is 0 Å². The van der Waals surface area contributed by atoms with Crippen molar-refractivity contribution >= 4 is 27.4 Å². The molecule has 0 aromatic carbocycles. The number of aliphatic hydroxyl groups excluding tert-OH is 1. The van der Waals surface area contributed by atoms with Crippen LogP contribution < -0.4 is 4.31 Å². The number of sulfonamides is 1. The number of nitrogens with zero attached hydrogens (tertiary/aromatic N) is 2. The molecule has 0 unspecified atom stereocenters. The predicted molar refractivity (Wildman–Crippen MR) is 65.6 cm³/mol. The van der Waals surface area contributed by atoms with Gasteiger partial charge in [-0.25, -0.2) is 13.4 Å². The maximum atomic E-state index is 12.2. The lowest BCUT2D eigenvalue weighted by molar-refractivity contribution is 0.283. The molecule has 0 aliphatic heterocycles. The number of halogens is 1. The zero-order chi connectivity index (χ0) is 12.7. The van der Waals surface area contributed by atoms with Gasteiger partial charge in [0.05, 0.1) is 6.61 Å². The van der Waals surface area contributed by atoms with E-state index < -0.39 is 14.8 Å². The second-order valence-electron chi connectivity index (χ2n) is 4.13. The second kappa shape index (κ2) is 4.12. The summed E-state index contributed by atoms with van der Waals surface area (Å²) in [6.07, 6.45) is 0.966. The van der Waals surface area contributed by atoms with Crippen LogP contribution in [-0.2, 0) is 10.0 Å². The number of hydrogen-bond donors (Lipinski definition) is 1. The van der Waals surface area contributed by atoms with E-state index in [0.717, 1.165) is 4.31 Å². The maximum absolute atomic E-state index is 12.2. The van der Waals surface area contributed by atoms with E-state index in [-0.39, 0.29) is 17.6 Å². The first kappa shape index (κ1) is 12.6. The van der Waals surface area contributed by atoms with E-state index in [1.807, 2.05) is 0 Å². The van der Waals surface area contributed by atoms with E-state index in [1.54, 1.807) is 18.2 Å². The van der Waals surface area contributed by atoms with Gasteiger partial charge in [0.2, 0.25) is 10.0 Å². The van der Waals surface area contributed by atoms with E-state index >= 15 is 0 Å². The van der Waals surface area contributed by atoms with Crippen molar-refractivity contribution < 1.29 is 13.5 Å². The number of rotatable bonds is 4. The molecule has 1 aromatic heterocycles. The van der Waals surface area contributed by atoms with Crippen LogP contribution in [0.2, 0.25) is 5.15 Å². The van der Waals surface area contributed by atoms with Gasteiger partial charge in [-0.2, -0.15) is 0 Å². The van der Waals surface area contributed by atoms with Crippen LogP contribution in [0.15, 0.2) is 18.2 Å². The van der Waals surface area contributed by atoms with Crippen molar-refractivity contribution in [2.75, 3.05) is 18.0 Å². The molecule has 17 heavy (non-hydrogen) atoms. The third-order valence-electron chi connectivity index (χ3n) is 3.03. The van der Waals surface area contributed by atoms with Crippen molar-refractivity contribution in [1.29, 1.82) is 0 Å². The van der Waals surface area contributed by atoms with Gasteiger partial charge in [0, 0.05) is 7.05 Å². The minimum atomic E-state index is -3.59. The molecule has 1 fully saturated rings. The Hall–Kier alpha value is -0.850. The van der Waals surface area contributed by atoms with Crippen molar-refractivity contribution in [1.82, 2.24) is 4.98 Å². The average molecular weight is 277 g/mol. The van der Waals surface area contributed by atoms with Gasteiger partial charge < -0.3 is 5.11 Å². The molecule has 0 saturated heterocycles. The first-order valence-electron chi connectivity index (χ1n) is 5.15. The minimum absolute atomic E-state index is 0.235. The Bertz CT molecular complexity index is 528. The van der Waals surface area contributed by atoms with Crippen molar-refractivity contribution in [2.24, 2.45) is 0 Å². The highest BCUT2D eigenvalue weighted by Crippen LogP contribution is 2.45. The molecular weight excluding hydrogens is 264 g/mol. The Morgan fingerprint density at radius 2 is 2.18 bits per heavy atom. The van der Waals surface area contributed by atoms with Gasteiger partial charge in [0.1, 0.15) is 15.7 Å². The number of hydrogen-bond acceptors (Lipinski definition) is 4. The molecule has 0 atom stereocenters. The quantitative estimate of drug-likeness (QED) is 0.834. The molecular formula is C10H13ClN2O3S. The molecule has 1 heterocycles. The molecule has 5 nitrogen and oxygen atoms in total. The number of anilines is 1. The molecule has 1 aliphatic carbocycles. The number of aromatic nitrogens is 1. The fourth-order valence-corrected chi connectivity index (χ4v) is 3.49. The van der Waals surface area contributed by atoms with Gasteiger partial charge >= 0.3 is 0 Å². The molecule has 1 aromatic rings. The monoisotopic (exact) mass is 276 g/mol. The van der Waals surface area contributed by atoms with Crippen LogP contribution in [-0.4, -0.2) is 36.9 Å². The first-order valence-corrected chi connectivity index (χ1v) is 6.97. The normalized spacial score (nSPS) is 17.8. The highest BCUT2D eigenvalue weighted by atomic mass is 35.5. The average Bonchev–Trinajstić information content (AvgIpc) is 3.09. The molecule has 1 saturated carbocycles. The molecule has 7 heteroatoms. The van der Waals surface area contributed by atoms with Crippen molar-refractivity contribution in [3.05, 3.63) is 23.4 Å². The van der Waals surface area contributed by atoms with Gasteiger partial charge in [0.25, 0.3) is 0 Å². The Morgan fingerprint density at radius 3 is 2.65 bits per heavy atom. The van der Waals surface area contributed by atoms with Gasteiger partial charge in [-0.05, 0) is 25.0 Å². The summed E-state index contributed by atoms with van der Waals surface area (Å²) >= 11 is 5.72. The summed E-state index contributed by atoms with van der Waals surface area (Å²) in [7, 11) is -2.16. The Kier molecular flexibility index (Phi) is 3.05. The fraction of sp³-hybridized carbons (Fsp3) is 0.500. The molecule has 0 amide bonds. The second-order valence-corrected chi connectivity index (χ2v) is 6.88. The maximum Gasteiger partial charge on any atom is 0.244 e. The van der Waals surface area contributed by atoms with E-state index in [2.05, 4.69) is 4.98 Å². The van der Waals surface area contributed by atoms with Crippen LogP contribution in [0.1, 0.15) is 12.8 Å².